The fourth-order valence-electron chi connectivity index (χ4n) is 1.40. The SMILES string of the molecule is O=C(O)CCCS(=O)(=O)Cc1cccc(F)c1. The highest BCUT2D eigenvalue weighted by atomic mass is 32.2. The number of sulfone groups is 1. The van der Waals surface area contributed by atoms with Gasteiger partial charge in [-0.15, -0.1) is 0 Å². The maximum Gasteiger partial charge on any atom is 0.303 e. The van der Waals surface area contributed by atoms with Crippen molar-refractivity contribution in [3.8, 4) is 0 Å². The standard InChI is InChI=1S/C11H13FO4S/c12-10-4-1-3-9(7-10)8-17(15,16)6-2-5-11(13)14/h1,3-4,7H,2,5-6,8H2,(H,13,14). The summed E-state index contributed by atoms with van der Waals surface area (Å²) in [6.07, 6.45) is -0.102. The highest BCUT2D eigenvalue weighted by molar-refractivity contribution is 7.90. The molecule has 1 rings (SSSR count). The second-order valence-electron chi connectivity index (χ2n) is 3.72. The van der Waals surface area contributed by atoms with Crippen molar-refractivity contribution in [1.29, 1.82) is 0 Å². The van der Waals surface area contributed by atoms with E-state index in [0.717, 1.165) is 6.07 Å². The molecule has 0 aromatic heterocycles. The third kappa shape index (κ3) is 5.44. The van der Waals surface area contributed by atoms with Crippen LogP contribution in [0.15, 0.2) is 24.3 Å². The quantitative estimate of drug-likeness (QED) is 0.843. The molecule has 0 atom stereocenters. The molecule has 1 N–H and O–H groups in total. The van der Waals surface area contributed by atoms with Crippen molar-refractivity contribution in [3.63, 3.8) is 0 Å². The molecule has 0 heterocycles. The summed E-state index contributed by atoms with van der Waals surface area (Å²) in [6.45, 7) is 0. The Balaban J connectivity index is 2.57. The van der Waals surface area contributed by atoms with Gasteiger partial charge >= 0.3 is 5.97 Å². The van der Waals surface area contributed by atoms with Gasteiger partial charge in [0.25, 0.3) is 0 Å². The first kappa shape index (κ1) is 13.6. The fourth-order valence-corrected chi connectivity index (χ4v) is 2.81. The normalized spacial score (nSPS) is 11.4. The fraction of sp³-hybridized carbons (Fsp3) is 0.364. The van der Waals surface area contributed by atoms with Crippen molar-refractivity contribution in [3.05, 3.63) is 35.6 Å². The van der Waals surface area contributed by atoms with E-state index < -0.39 is 21.6 Å². The van der Waals surface area contributed by atoms with Crippen LogP contribution in [0.2, 0.25) is 0 Å². The number of carboxylic acid groups (broad SMARTS) is 1. The Labute approximate surface area is 99.0 Å². The lowest BCUT2D eigenvalue weighted by Crippen LogP contribution is -2.11. The summed E-state index contributed by atoms with van der Waals surface area (Å²) in [4.78, 5) is 10.2. The molecule has 0 fully saturated rings. The molecule has 17 heavy (non-hydrogen) atoms. The zero-order chi connectivity index (χ0) is 12.9. The third-order valence-electron chi connectivity index (χ3n) is 2.12. The number of carbonyl (C=O) groups is 1. The molecule has 0 radical (unpaired) electrons. The number of carboxylic acids is 1. The molecule has 0 bridgehead atoms. The van der Waals surface area contributed by atoms with Gasteiger partial charge in [0.1, 0.15) is 5.82 Å². The smallest absolute Gasteiger partial charge is 0.303 e. The maximum absolute atomic E-state index is 12.8. The van der Waals surface area contributed by atoms with Crippen LogP contribution in [0.1, 0.15) is 18.4 Å². The number of aliphatic carboxylic acids is 1. The molecule has 0 saturated carbocycles. The van der Waals surface area contributed by atoms with Crippen molar-refractivity contribution < 1.29 is 22.7 Å². The molecule has 0 aliphatic rings. The van der Waals surface area contributed by atoms with Gasteiger partial charge in [0.05, 0.1) is 11.5 Å². The first-order chi connectivity index (χ1) is 7.89. The first-order valence-corrected chi connectivity index (χ1v) is 6.88. The second-order valence-corrected chi connectivity index (χ2v) is 5.90. The van der Waals surface area contributed by atoms with E-state index in [1.54, 1.807) is 0 Å². The number of hydrogen-bond acceptors (Lipinski definition) is 3. The van der Waals surface area contributed by atoms with E-state index in [0.29, 0.717) is 5.56 Å². The largest absolute Gasteiger partial charge is 0.481 e. The molecule has 1 aromatic rings. The van der Waals surface area contributed by atoms with Crippen LogP contribution >= 0.6 is 0 Å². The van der Waals surface area contributed by atoms with Crippen LogP contribution in [0.3, 0.4) is 0 Å². The van der Waals surface area contributed by atoms with Gasteiger partial charge in [-0.25, -0.2) is 12.8 Å². The Morgan fingerprint density at radius 3 is 2.65 bits per heavy atom. The lowest BCUT2D eigenvalue weighted by atomic mass is 10.2. The minimum atomic E-state index is -3.38. The summed E-state index contributed by atoms with van der Waals surface area (Å²) >= 11 is 0. The number of benzene rings is 1. The Morgan fingerprint density at radius 1 is 1.35 bits per heavy atom. The van der Waals surface area contributed by atoms with Crippen molar-refractivity contribution in [2.75, 3.05) is 5.75 Å². The van der Waals surface area contributed by atoms with Gasteiger partial charge in [-0.1, -0.05) is 12.1 Å². The van der Waals surface area contributed by atoms with Gasteiger partial charge < -0.3 is 5.11 Å². The van der Waals surface area contributed by atoms with Crippen LogP contribution in [-0.4, -0.2) is 25.2 Å². The molecule has 0 unspecified atom stereocenters. The molecule has 0 saturated heterocycles. The molecular weight excluding hydrogens is 247 g/mol. The zero-order valence-corrected chi connectivity index (χ0v) is 9.91. The van der Waals surface area contributed by atoms with Gasteiger partial charge in [-0.2, -0.15) is 0 Å². The minimum absolute atomic E-state index is 0.0764. The van der Waals surface area contributed by atoms with Crippen molar-refractivity contribution in [2.24, 2.45) is 0 Å². The first-order valence-electron chi connectivity index (χ1n) is 5.06. The van der Waals surface area contributed by atoms with Crippen LogP contribution in [0, 0.1) is 5.82 Å². The number of rotatable bonds is 6. The number of halogens is 1. The topological polar surface area (TPSA) is 71.4 Å². The molecule has 6 heteroatoms. The molecule has 0 aliphatic heterocycles. The van der Waals surface area contributed by atoms with Gasteiger partial charge in [-0.05, 0) is 24.1 Å². The third-order valence-corrected chi connectivity index (χ3v) is 3.81. The highest BCUT2D eigenvalue weighted by Gasteiger charge is 2.13. The molecule has 0 spiro atoms. The Bertz CT molecular complexity index is 496. The van der Waals surface area contributed by atoms with E-state index in [9.17, 15) is 17.6 Å². The molecule has 1 aromatic carbocycles. The average Bonchev–Trinajstić information content (AvgIpc) is 2.15. The van der Waals surface area contributed by atoms with Crippen LogP contribution in [0.25, 0.3) is 0 Å². The van der Waals surface area contributed by atoms with Crippen LogP contribution < -0.4 is 0 Å². The van der Waals surface area contributed by atoms with E-state index >= 15 is 0 Å². The van der Waals surface area contributed by atoms with Crippen molar-refractivity contribution in [1.82, 2.24) is 0 Å². The summed E-state index contributed by atoms with van der Waals surface area (Å²) in [7, 11) is -3.38. The van der Waals surface area contributed by atoms with E-state index in [2.05, 4.69) is 0 Å². The monoisotopic (exact) mass is 260 g/mol. The van der Waals surface area contributed by atoms with E-state index in [1.165, 1.54) is 18.2 Å². The predicted molar refractivity (Wildman–Crippen MR) is 60.8 cm³/mol. The van der Waals surface area contributed by atoms with Gasteiger partial charge in [0.2, 0.25) is 0 Å². The molecule has 94 valence electrons. The van der Waals surface area contributed by atoms with Gasteiger partial charge in [-0.3, -0.25) is 4.79 Å². The Hall–Kier alpha value is -1.43. The Kier molecular flexibility index (Phi) is 4.62. The second kappa shape index (κ2) is 5.77. The van der Waals surface area contributed by atoms with Gasteiger partial charge in [0, 0.05) is 6.42 Å². The number of hydrogen-bond donors (Lipinski definition) is 1. The van der Waals surface area contributed by atoms with Crippen molar-refractivity contribution in [2.45, 2.75) is 18.6 Å². The van der Waals surface area contributed by atoms with E-state index in [-0.39, 0.29) is 24.3 Å². The van der Waals surface area contributed by atoms with Crippen LogP contribution in [0.4, 0.5) is 4.39 Å². The summed E-state index contributed by atoms with van der Waals surface area (Å²) in [5.41, 5.74) is 0.375. The summed E-state index contributed by atoms with van der Waals surface area (Å²) in [6, 6.07) is 5.37. The molecule has 0 aliphatic carbocycles. The van der Waals surface area contributed by atoms with Crippen molar-refractivity contribution >= 4 is 15.8 Å². The highest BCUT2D eigenvalue weighted by Crippen LogP contribution is 2.10. The molecular formula is C11H13FO4S. The van der Waals surface area contributed by atoms with Crippen LogP contribution in [0.5, 0.6) is 0 Å². The minimum Gasteiger partial charge on any atom is -0.481 e. The summed E-state index contributed by atoms with van der Waals surface area (Å²) in [5.74, 6) is -1.96. The average molecular weight is 260 g/mol. The predicted octanol–water partition coefficient (Wildman–Crippen LogP) is 1.61. The maximum atomic E-state index is 12.8. The zero-order valence-electron chi connectivity index (χ0n) is 9.10. The summed E-state index contributed by atoms with van der Waals surface area (Å²) in [5, 5.41) is 8.39. The Morgan fingerprint density at radius 2 is 2.06 bits per heavy atom. The van der Waals surface area contributed by atoms with Gasteiger partial charge in [0.15, 0.2) is 9.84 Å². The molecule has 0 amide bonds. The lowest BCUT2D eigenvalue weighted by Gasteiger charge is -2.03. The van der Waals surface area contributed by atoms with E-state index in [4.69, 9.17) is 5.11 Å². The lowest BCUT2D eigenvalue weighted by molar-refractivity contribution is -0.137. The van der Waals surface area contributed by atoms with E-state index in [1.807, 2.05) is 0 Å². The van der Waals surface area contributed by atoms with Crippen LogP contribution in [-0.2, 0) is 20.4 Å². The summed E-state index contributed by atoms with van der Waals surface area (Å²) < 4.78 is 36.0. The molecule has 4 nitrogen and oxygen atoms in total.